The van der Waals surface area contributed by atoms with Gasteiger partial charge in [0, 0.05) is 5.56 Å². The lowest BCUT2D eigenvalue weighted by Gasteiger charge is -2.23. The summed E-state index contributed by atoms with van der Waals surface area (Å²) in [6, 6.07) is 14.8. The van der Waals surface area contributed by atoms with Gasteiger partial charge in [-0.05, 0) is 55.7 Å². The first-order valence-electron chi connectivity index (χ1n) is 8.17. The second-order valence-electron chi connectivity index (χ2n) is 5.98. The van der Waals surface area contributed by atoms with E-state index in [1.54, 1.807) is 6.07 Å². The highest BCUT2D eigenvalue weighted by molar-refractivity contribution is 7.80. The summed E-state index contributed by atoms with van der Waals surface area (Å²) in [6.07, 6.45) is 1.74. The van der Waals surface area contributed by atoms with Crippen LogP contribution >= 0.6 is 12.2 Å². The van der Waals surface area contributed by atoms with Gasteiger partial charge >= 0.3 is 0 Å². The Hall–Kier alpha value is -2.14. The van der Waals surface area contributed by atoms with Gasteiger partial charge in [0.15, 0.2) is 5.11 Å². The molecule has 0 aromatic heterocycles. The second kappa shape index (κ2) is 7.62. The average molecular weight is 344 g/mol. The van der Waals surface area contributed by atoms with E-state index in [0.29, 0.717) is 11.7 Å². The molecule has 2 N–H and O–H groups in total. The quantitative estimate of drug-likeness (QED) is 0.815. The zero-order valence-electron chi connectivity index (χ0n) is 13.6. The van der Waals surface area contributed by atoms with E-state index in [2.05, 4.69) is 29.7 Å². The highest BCUT2D eigenvalue weighted by atomic mass is 32.1. The molecule has 0 saturated carbocycles. The van der Waals surface area contributed by atoms with Crippen molar-refractivity contribution in [1.82, 2.24) is 10.6 Å². The molecular formula is C19H21FN2OS. The molecule has 5 heteroatoms. The van der Waals surface area contributed by atoms with E-state index in [-0.39, 0.29) is 17.9 Å². The SMILES string of the molecule is C[C@@H](NC(=S)N[C@H]1CCCOc2ccc(F)cc21)c1ccccc1. The topological polar surface area (TPSA) is 33.3 Å². The smallest absolute Gasteiger partial charge is 0.167 e. The molecule has 24 heavy (non-hydrogen) atoms. The van der Waals surface area contributed by atoms with Crippen LogP contribution in [0, 0.1) is 5.82 Å². The first-order chi connectivity index (χ1) is 11.6. The molecule has 0 amide bonds. The van der Waals surface area contributed by atoms with Crippen molar-refractivity contribution >= 4 is 17.3 Å². The monoisotopic (exact) mass is 344 g/mol. The first-order valence-corrected chi connectivity index (χ1v) is 8.58. The van der Waals surface area contributed by atoms with Crippen molar-refractivity contribution in [2.45, 2.75) is 31.8 Å². The number of benzene rings is 2. The van der Waals surface area contributed by atoms with E-state index in [0.717, 1.165) is 29.7 Å². The van der Waals surface area contributed by atoms with Crippen LogP contribution in [0.1, 0.15) is 43.0 Å². The molecular weight excluding hydrogens is 323 g/mol. The van der Waals surface area contributed by atoms with Crippen LogP contribution in [0.25, 0.3) is 0 Å². The van der Waals surface area contributed by atoms with E-state index in [4.69, 9.17) is 17.0 Å². The number of nitrogens with one attached hydrogen (secondary N) is 2. The van der Waals surface area contributed by atoms with Crippen LogP contribution in [-0.4, -0.2) is 11.7 Å². The summed E-state index contributed by atoms with van der Waals surface area (Å²) >= 11 is 5.46. The van der Waals surface area contributed by atoms with Crippen molar-refractivity contribution in [3.8, 4) is 5.75 Å². The lowest BCUT2D eigenvalue weighted by atomic mass is 10.0. The Bertz CT molecular complexity index is 708. The number of thiocarbonyl (C=S) groups is 1. The molecule has 0 saturated heterocycles. The van der Waals surface area contributed by atoms with Crippen molar-refractivity contribution in [2.24, 2.45) is 0 Å². The minimum Gasteiger partial charge on any atom is -0.493 e. The lowest BCUT2D eigenvalue weighted by Crippen LogP contribution is -2.39. The molecule has 0 fully saturated rings. The summed E-state index contributed by atoms with van der Waals surface area (Å²) in [5.41, 5.74) is 1.99. The van der Waals surface area contributed by atoms with Crippen molar-refractivity contribution in [3.63, 3.8) is 0 Å². The maximum absolute atomic E-state index is 13.6. The van der Waals surface area contributed by atoms with Crippen LogP contribution < -0.4 is 15.4 Å². The van der Waals surface area contributed by atoms with Gasteiger partial charge in [0.05, 0.1) is 18.7 Å². The first kappa shape index (κ1) is 16.7. The molecule has 0 aliphatic carbocycles. The van der Waals surface area contributed by atoms with Crippen LogP contribution in [0.15, 0.2) is 48.5 Å². The molecule has 1 aliphatic rings. The highest BCUT2D eigenvalue weighted by Crippen LogP contribution is 2.32. The number of ether oxygens (including phenoxy) is 1. The number of halogens is 1. The largest absolute Gasteiger partial charge is 0.493 e. The van der Waals surface area contributed by atoms with Gasteiger partial charge in [-0.3, -0.25) is 0 Å². The normalized spacial score (nSPS) is 17.8. The van der Waals surface area contributed by atoms with Crippen LogP contribution in [0.3, 0.4) is 0 Å². The number of hydrogen-bond acceptors (Lipinski definition) is 2. The molecule has 3 rings (SSSR count). The van der Waals surface area contributed by atoms with Gasteiger partial charge in [-0.15, -0.1) is 0 Å². The molecule has 0 radical (unpaired) electrons. The maximum Gasteiger partial charge on any atom is 0.167 e. The van der Waals surface area contributed by atoms with Crippen LogP contribution in [0.5, 0.6) is 5.75 Å². The third kappa shape index (κ3) is 4.03. The fraction of sp³-hybridized carbons (Fsp3) is 0.316. The van der Waals surface area contributed by atoms with E-state index in [1.165, 1.54) is 12.1 Å². The number of rotatable bonds is 3. The van der Waals surface area contributed by atoms with Crippen molar-refractivity contribution in [3.05, 3.63) is 65.5 Å². The summed E-state index contributed by atoms with van der Waals surface area (Å²) in [5.74, 6) is 0.466. The summed E-state index contributed by atoms with van der Waals surface area (Å²) in [6.45, 7) is 2.70. The Balaban J connectivity index is 1.69. The molecule has 0 spiro atoms. The zero-order chi connectivity index (χ0) is 16.9. The van der Waals surface area contributed by atoms with E-state index in [9.17, 15) is 4.39 Å². The lowest BCUT2D eigenvalue weighted by molar-refractivity contribution is 0.315. The van der Waals surface area contributed by atoms with Gasteiger partial charge in [0.2, 0.25) is 0 Å². The van der Waals surface area contributed by atoms with Gasteiger partial charge < -0.3 is 15.4 Å². The van der Waals surface area contributed by atoms with E-state index >= 15 is 0 Å². The molecule has 2 aromatic rings. The molecule has 3 nitrogen and oxygen atoms in total. The summed E-state index contributed by atoms with van der Waals surface area (Å²) in [7, 11) is 0. The third-order valence-electron chi connectivity index (χ3n) is 4.19. The molecule has 126 valence electrons. The van der Waals surface area contributed by atoms with Gasteiger partial charge in [-0.1, -0.05) is 30.3 Å². The van der Waals surface area contributed by atoms with Crippen LogP contribution in [0.2, 0.25) is 0 Å². The third-order valence-corrected chi connectivity index (χ3v) is 4.43. The van der Waals surface area contributed by atoms with Gasteiger partial charge in [-0.25, -0.2) is 4.39 Å². The summed E-state index contributed by atoms with van der Waals surface area (Å²) in [4.78, 5) is 0. The number of hydrogen-bond donors (Lipinski definition) is 2. The van der Waals surface area contributed by atoms with E-state index in [1.807, 2.05) is 18.2 Å². The van der Waals surface area contributed by atoms with Crippen molar-refractivity contribution in [2.75, 3.05) is 6.61 Å². The fourth-order valence-electron chi connectivity index (χ4n) is 2.92. The molecule has 1 heterocycles. The minimum absolute atomic E-state index is 0.0545. The Morgan fingerprint density at radius 3 is 2.83 bits per heavy atom. The van der Waals surface area contributed by atoms with E-state index < -0.39 is 0 Å². The molecule has 1 aliphatic heterocycles. The predicted octanol–water partition coefficient (Wildman–Crippen LogP) is 4.26. The Morgan fingerprint density at radius 2 is 2.04 bits per heavy atom. The number of fused-ring (bicyclic) bond motifs is 1. The van der Waals surface area contributed by atoms with Gasteiger partial charge in [-0.2, -0.15) is 0 Å². The molecule has 0 unspecified atom stereocenters. The Morgan fingerprint density at radius 1 is 1.25 bits per heavy atom. The molecule has 0 bridgehead atoms. The van der Waals surface area contributed by atoms with Crippen molar-refractivity contribution < 1.29 is 9.13 Å². The van der Waals surface area contributed by atoms with Gasteiger partial charge in [0.25, 0.3) is 0 Å². The average Bonchev–Trinajstić information content (AvgIpc) is 2.78. The van der Waals surface area contributed by atoms with Crippen LogP contribution in [0.4, 0.5) is 4.39 Å². The highest BCUT2D eigenvalue weighted by Gasteiger charge is 2.21. The fourth-order valence-corrected chi connectivity index (χ4v) is 3.24. The molecule has 2 aromatic carbocycles. The van der Waals surface area contributed by atoms with Crippen LogP contribution in [-0.2, 0) is 0 Å². The Labute approximate surface area is 147 Å². The molecule has 2 atom stereocenters. The second-order valence-corrected chi connectivity index (χ2v) is 6.38. The minimum atomic E-state index is -0.261. The van der Waals surface area contributed by atoms with Crippen molar-refractivity contribution in [1.29, 1.82) is 0 Å². The summed E-state index contributed by atoms with van der Waals surface area (Å²) < 4.78 is 19.3. The maximum atomic E-state index is 13.6. The predicted molar refractivity (Wildman–Crippen MR) is 97.6 cm³/mol. The standard InChI is InChI=1S/C19H21FN2OS/c1-13(14-6-3-2-4-7-14)21-19(24)22-17-8-5-11-23-18-10-9-15(20)12-16(17)18/h2-4,6-7,9-10,12-13,17H,5,8,11H2,1H3,(H2,21,22,24)/t13-,17+/m1/s1. The Kier molecular flexibility index (Phi) is 5.30. The summed E-state index contributed by atoms with van der Waals surface area (Å²) in [5, 5.41) is 7.18. The van der Waals surface area contributed by atoms with Gasteiger partial charge in [0.1, 0.15) is 11.6 Å². The zero-order valence-corrected chi connectivity index (χ0v) is 14.4.